The van der Waals surface area contributed by atoms with Crippen LogP contribution in [0.25, 0.3) is 11.4 Å². The Balaban J connectivity index is 1.19. The molecule has 6 nitrogen and oxygen atoms in total. The summed E-state index contributed by atoms with van der Waals surface area (Å²) in [6.45, 7) is 2.97. The lowest BCUT2D eigenvalue weighted by atomic mass is 10.0. The van der Waals surface area contributed by atoms with E-state index in [2.05, 4.69) is 9.88 Å². The highest BCUT2D eigenvalue weighted by molar-refractivity contribution is 6.30. The Labute approximate surface area is 198 Å². The topological polar surface area (TPSA) is 75.5 Å². The van der Waals surface area contributed by atoms with Gasteiger partial charge in [0.2, 0.25) is 0 Å². The van der Waals surface area contributed by atoms with E-state index in [1.165, 1.54) is 0 Å². The SMILES string of the molecule is O=C(O)C1(CCN2CCc3nc(-c4ccc(OCc5ccc(Cl)cc5)cc4)ncc3C2)CC1. The molecule has 2 aliphatic rings. The fourth-order valence-corrected chi connectivity index (χ4v) is 4.37. The van der Waals surface area contributed by atoms with Gasteiger partial charge in [-0.05, 0) is 67.8 Å². The maximum absolute atomic E-state index is 11.4. The second-order valence-electron chi connectivity index (χ2n) is 8.97. The van der Waals surface area contributed by atoms with Crippen molar-refractivity contribution in [3.05, 3.63) is 76.6 Å². The minimum Gasteiger partial charge on any atom is -0.489 e. The summed E-state index contributed by atoms with van der Waals surface area (Å²) in [6.07, 6.45) is 5.11. The molecule has 1 aliphatic heterocycles. The zero-order valence-corrected chi connectivity index (χ0v) is 19.1. The number of fused-ring (bicyclic) bond motifs is 1. The Morgan fingerprint density at radius 2 is 1.88 bits per heavy atom. The van der Waals surface area contributed by atoms with Crippen LogP contribution in [-0.4, -0.2) is 39.0 Å². The van der Waals surface area contributed by atoms with Crippen molar-refractivity contribution in [2.24, 2.45) is 5.41 Å². The Hall–Kier alpha value is -2.96. The predicted octanol–water partition coefficient (Wildman–Crippen LogP) is 4.99. The van der Waals surface area contributed by atoms with Crippen molar-refractivity contribution in [1.29, 1.82) is 0 Å². The van der Waals surface area contributed by atoms with Gasteiger partial charge in [-0.3, -0.25) is 9.69 Å². The lowest BCUT2D eigenvalue weighted by molar-refractivity contribution is -0.143. The first-order chi connectivity index (χ1) is 16.0. The van der Waals surface area contributed by atoms with Gasteiger partial charge in [-0.1, -0.05) is 23.7 Å². The average Bonchev–Trinajstić information content (AvgIpc) is 3.64. The van der Waals surface area contributed by atoms with Crippen molar-refractivity contribution in [3.63, 3.8) is 0 Å². The normalized spacial score (nSPS) is 16.8. The summed E-state index contributed by atoms with van der Waals surface area (Å²) in [4.78, 5) is 23.1. The van der Waals surface area contributed by atoms with Crippen molar-refractivity contribution >= 4 is 17.6 Å². The molecule has 0 saturated heterocycles. The zero-order valence-electron chi connectivity index (χ0n) is 18.3. The molecule has 1 fully saturated rings. The van der Waals surface area contributed by atoms with E-state index in [0.717, 1.165) is 73.5 Å². The number of ether oxygens (including phenoxy) is 1. The number of halogens is 1. The predicted molar refractivity (Wildman–Crippen MR) is 126 cm³/mol. The molecule has 2 aromatic carbocycles. The second-order valence-corrected chi connectivity index (χ2v) is 9.40. The molecule has 1 N–H and O–H groups in total. The van der Waals surface area contributed by atoms with E-state index in [1.807, 2.05) is 54.7 Å². The van der Waals surface area contributed by atoms with Gasteiger partial charge in [0.1, 0.15) is 12.4 Å². The average molecular weight is 464 g/mol. The van der Waals surface area contributed by atoms with Crippen molar-refractivity contribution in [2.75, 3.05) is 13.1 Å². The van der Waals surface area contributed by atoms with Crippen LogP contribution < -0.4 is 4.74 Å². The van der Waals surface area contributed by atoms with Crippen LogP contribution in [0.3, 0.4) is 0 Å². The minimum atomic E-state index is -0.644. The Kier molecular flexibility index (Phi) is 6.04. The first kappa shape index (κ1) is 21.9. The minimum absolute atomic E-state index is 0.467. The van der Waals surface area contributed by atoms with E-state index in [-0.39, 0.29) is 0 Å². The van der Waals surface area contributed by atoms with Crippen molar-refractivity contribution < 1.29 is 14.6 Å². The van der Waals surface area contributed by atoms with Gasteiger partial charge in [0.25, 0.3) is 0 Å². The molecule has 170 valence electrons. The molecule has 0 unspecified atom stereocenters. The van der Waals surface area contributed by atoms with Crippen LogP contribution >= 0.6 is 11.6 Å². The highest BCUT2D eigenvalue weighted by Gasteiger charge is 2.49. The molecular weight excluding hydrogens is 438 g/mol. The monoisotopic (exact) mass is 463 g/mol. The summed E-state index contributed by atoms with van der Waals surface area (Å²) in [7, 11) is 0. The molecular formula is C26H26ClN3O3. The van der Waals surface area contributed by atoms with Gasteiger partial charge in [0.05, 0.1) is 11.1 Å². The fourth-order valence-electron chi connectivity index (χ4n) is 4.25. The number of aromatic nitrogens is 2. The fraction of sp³-hybridized carbons (Fsp3) is 0.346. The molecule has 1 aromatic heterocycles. The van der Waals surface area contributed by atoms with Gasteiger partial charge in [0.15, 0.2) is 5.82 Å². The maximum Gasteiger partial charge on any atom is 0.309 e. The van der Waals surface area contributed by atoms with E-state index in [4.69, 9.17) is 21.3 Å². The summed E-state index contributed by atoms with van der Waals surface area (Å²) >= 11 is 5.92. The highest BCUT2D eigenvalue weighted by atomic mass is 35.5. The van der Waals surface area contributed by atoms with Crippen LogP contribution in [0.5, 0.6) is 5.75 Å². The van der Waals surface area contributed by atoms with Crippen LogP contribution in [0, 0.1) is 5.41 Å². The van der Waals surface area contributed by atoms with Gasteiger partial charge in [-0.15, -0.1) is 0 Å². The van der Waals surface area contributed by atoms with Gasteiger partial charge in [-0.2, -0.15) is 0 Å². The molecule has 0 radical (unpaired) electrons. The molecule has 0 bridgehead atoms. The molecule has 1 saturated carbocycles. The number of carbonyl (C=O) groups is 1. The lowest BCUT2D eigenvalue weighted by Crippen LogP contribution is -2.34. The molecule has 2 heterocycles. The van der Waals surface area contributed by atoms with Gasteiger partial charge in [0, 0.05) is 41.9 Å². The molecule has 0 amide bonds. The summed E-state index contributed by atoms with van der Waals surface area (Å²) in [5.74, 6) is 0.862. The Morgan fingerprint density at radius 1 is 1.12 bits per heavy atom. The molecule has 5 rings (SSSR count). The summed E-state index contributed by atoms with van der Waals surface area (Å²) in [5.41, 5.74) is 3.76. The third-order valence-corrected chi connectivity index (χ3v) is 6.91. The van der Waals surface area contributed by atoms with E-state index in [0.29, 0.717) is 17.5 Å². The van der Waals surface area contributed by atoms with E-state index >= 15 is 0 Å². The van der Waals surface area contributed by atoms with Crippen LogP contribution in [-0.2, 0) is 24.4 Å². The molecule has 3 aromatic rings. The number of rotatable bonds is 8. The standard InChI is InChI=1S/C26H26ClN3O3/c27-21-5-1-18(2-6-21)17-33-22-7-3-19(4-8-22)24-28-15-20-16-30(13-9-23(20)29-24)14-12-26(10-11-26)25(31)32/h1-8,15H,9-14,16-17H2,(H,31,32). The Morgan fingerprint density at radius 3 is 2.58 bits per heavy atom. The molecule has 0 atom stereocenters. The third-order valence-electron chi connectivity index (χ3n) is 6.66. The maximum atomic E-state index is 11.4. The first-order valence-corrected chi connectivity index (χ1v) is 11.7. The third kappa shape index (κ3) is 5.02. The van der Waals surface area contributed by atoms with E-state index < -0.39 is 11.4 Å². The number of nitrogens with zero attached hydrogens (tertiary/aromatic N) is 3. The van der Waals surface area contributed by atoms with Gasteiger partial charge < -0.3 is 9.84 Å². The van der Waals surface area contributed by atoms with Gasteiger partial charge >= 0.3 is 5.97 Å². The number of carboxylic acid groups (broad SMARTS) is 1. The largest absolute Gasteiger partial charge is 0.489 e. The van der Waals surface area contributed by atoms with Crippen LogP contribution in [0.1, 0.15) is 36.1 Å². The number of carboxylic acids is 1. The highest BCUT2D eigenvalue weighted by Crippen LogP contribution is 2.49. The first-order valence-electron chi connectivity index (χ1n) is 11.3. The van der Waals surface area contributed by atoms with Gasteiger partial charge in [-0.25, -0.2) is 9.97 Å². The molecule has 1 aliphatic carbocycles. The van der Waals surface area contributed by atoms with Crippen LogP contribution in [0.15, 0.2) is 54.7 Å². The number of aliphatic carboxylic acids is 1. The molecule has 7 heteroatoms. The number of benzene rings is 2. The van der Waals surface area contributed by atoms with Crippen LogP contribution in [0.2, 0.25) is 5.02 Å². The number of hydrogen-bond donors (Lipinski definition) is 1. The van der Waals surface area contributed by atoms with E-state index in [9.17, 15) is 9.90 Å². The summed E-state index contributed by atoms with van der Waals surface area (Å²) in [6, 6.07) is 15.5. The lowest BCUT2D eigenvalue weighted by Gasteiger charge is -2.28. The van der Waals surface area contributed by atoms with E-state index in [1.54, 1.807) is 0 Å². The molecule has 33 heavy (non-hydrogen) atoms. The zero-order chi connectivity index (χ0) is 22.8. The summed E-state index contributed by atoms with van der Waals surface area (Å²) < 4.78 is 5.86. The summed E-state index contributed by atoms with van der Waals surface area (Å²) in [5, 5.41) is 10.1. The van der Waals surface area contributed by atoms with Crippen molar-refractivity contribution in [2.45, 2.75) is 38.8 Å². The van der Waals surface area contributed by atoms with Crippen molar-refractivity contribution in [1.82, 2.24) is 14.9 Å². The number of hydrogen-bond acceptors (Lipinski definition) is 5. The molecule has 0 spiro atoms. The van der Waals surface area contributed by atoms with Crippen LogP contribution in [0.4, 0.5) is 0 Å². The quantitative estimate of drug-likeness (QED) is 0.507. The Bertz CT molecular complexity index is 1140. The smallest absolute Gasteiger partial charge is 0.309 e. The second kappa shape index (κ2) is 9.12. The van der Waals surface area contributed by atoms with Crippen molar-refractivity contribution in [3.8, 4) is 17.1 Å².